The molecular weight excluding hydrogens is 404 g/mol. The van der Waals surface area contributed by atoms with Gasteiger partial charge in [-0.05, 0) is 32.9 Å². The topological polar surface area (TPSA) is 78.7 Å². The van der Waals surface area contributed by atoms with E-state index < -0.39 is 17.4 Å². The van der Waals surface area contributed by atoms with Crippen molar-refractivity contribution in [3.8, 4) is 0 Å². The van der Waals surface area contributed by atoms with Gasteiger partial charge in [0.1, 0.15) is 11.5 Å². The number of imidazole rings is 1. The monoisotopic (exact) mass is 427 g/mol. The van der Waals surface area contributed by atoms with Gasteiger partial charge in [-0.2, -0.15) is 0 Å². The van der Waals surface area contributed by atoms with Crippen LogP contribution >= 0.6 is 0 Å². The maximum absolute atomic E-state index is 14.9. The lowest BCUT2D eigenvalue weighted by molar-refractivity contribution is 0.0732. The number of nitrogens with one attached hydrogen (secondary N) is 1. The number of anilines is 2. The summed E-state index contributed by atoms with van der Waals surface area (Å²) in [5.74, 6) is -0.506. The summed E-state index contributed by atoms with van der Waals surface area (Å²) in [5.41, 5.74) is 0.0203. The number of carbonyl (C=O) groups excluding carboxylic acids is 1. The number of fused-ring (bicyclic) bond motifs is 1. The Kier molecular flexibility index (Phi) is 4.81. The van der Waals surface area contributed by atoms with Crippen molar-refractivity contribution in [3.63, 3.8) is 0 Å². The summed E-state index contributed by atoms with van der Waals surface area (Å²) in [6, 6.07) is 1.21. The lowest BCUT2D eigenvalue weighted by Crippen LogP contribution is -2.63. The Bertz CT molecular complexity index is 1120. The van der Waals surface area contributed by atoms with Gasteiger partial charge in [-0.25, -0.2) is 23.7 Å². The Labute approximate surface area is 177 Å². The van der Waals surface area contributed by atoms with Crippen molar-refractivity contribution in [3.05, 3.63) is 48.1 Å². The highest BCUT2D eigenvalue weighted by molar-refractivity contribution is 6.02. The zero-order chi connectivity index (χ0) is 21.6. The van der Waals surface area contributed by atoms with Gasteiger partial charge in [-0.3, -0.25) is 4.79 Å². The van der Waals surface area contributed by atoms with Gasteiger partial charge in [0.25, 0.3) is 5.91 Å². The van der Waals surface area contributed by atoms with Crippen LogP contribution in [0.1, 0.15) is 29.0 Å². The van der Waals surface area contributed by atoms with Crippen molar-refractivity contribution in [2.75, 3.05) is 42.9 Å². The first-order valence-electron chi connectivity index (χ1n) is 10.3. The molecule has 1 N–H and O–H groups in total. The van der Waals surface area contributed by atoms with Crippen molar-refractivity contribution >= 4 is 23.1 Å². The lowest BCUT2D eigenvalue weighted by atomic mass is 9.95. The minimum Gasteiger partial charge on any atom is -0.349 e. The minimum absolute atomic E-state index is 0.0927. The maximum Gasteiger partial charge on any atom is 0.275 e. The number of likely N-dealkylation sites (tertiary alicyclic amines) is 1. The quantitative estimate of drug-likeness (QED) is 0.674. The molecule has 0 unspecified atom stereocenters. The average Bonchev–Trinajstić information content (AvgIpc) is 3.35. The van der Waals surface area contributed by atoms with Crippen molar-refractivity contribution < 1.29 is 13.6 Å². The van der Waals surface area contributed by atoms with Gasteiger partial charge in [-0.1, -0.05) is 0 Å². The Morgan fingerprint density at radius 2 is 1.97 bits per heavy atom. The van der Waals surface area contributed by atoms with Gasteiger partial charge >= 0.3 is 0 Å². The van der Waals surface area contributed by atoms with E-state index in [9.17, 15) is 13.6 Å². The molecule has 10 heteroatoms. The van der Waals surface area contributed by atoms with Crippen molar-refractivity contribution in [2.24, 2.45) is 0 Å². The molecule has 2 aliphatic rings. The second kappa shape index (κ2) is 7.52. The molecule has 2 saturated heterocycles. The molecule has 8 nitrogen and oxygen atoms in total. The Morgan fingerprint density at radius 3 is 2.68 bits per heavy atom. The smallest absolute Gasteiger partial charge is 0.275 e. The van der Waals surface area contributed by atoms with E-state index in [1.165, 1.54) is 22.9 Å². The molecule has 2 aliphatic heterocycles. The third kappa shape index (κ3) is 3.95. The Morgan fingerprint density at radius 1 is 1.19 bits per heavy atom. The van der Waals surface area contributed by atoms with Gasteiger partial charge in [0.15, 0.2) is 17.1 Å². The van der Waals surface area contributed by atoms with Crippen molar-refractivity contribution in [2.45, 2.75) is 25.4 Å². The highest BCUT2D eigenvalue weighted by atomic mass is 19.1. The molecule has 3 aromatic rings. The lowest BCUT2D eigenvalue weighted by Gasteiger charge is -2.46. The molecule has 162 valence electrons. The number of halogens is 2. The number of amides is 1. The molecule has 0 radical (unpaired) electrons. The Balaban J connectivity index is 1.22. The molecule has 0 bridgehead atoms. The van der Waals surface area contributed by atoms with Gasteiger partial charge < -0.3 is 19.5 Å². The molecule has 0 aliphatic carbocycles. The number of hydrogen-bond donors (Lipinski definition) is 1. The van der Waals surface area contributed by atoms with Gasteiger partial charge in [0.05, 0.1) is 36.9 Å². The van der Waals surface area contributed by atoms with Crippen LogP contribution in [0.15, 0.2) is 30.9 Å². The molecule has 2 fully saturated rings. The van der Waals surface area contributed by atoms with Crippen molar-refractivity contribution in [1.82, 2.24) is 24.3 Å². The zero-order valence-electron chi connectivity index (χ0n) is 17.2. The van der Waals surface area contributed by atoms with E-state index in [4.69, 9.17) is 0 Å². The summed E-state index contributed by atoms with van der Waals surface area (Å²) in [5, 5.41) is 2.62. The van der Waals surface area contributed by atoms with E-state index >= 15 is 0 Å². The van der Waals surface area contributed by atoms with E-state index in [2.05, 4.69) is 25.2 Å². The van der Waals surface area contributed by atoms with E-state index in [1.807, 2.05) is 4.90 Å². The third-order valence-electron chi connectivity index (χ3n) is 5.73. The molecule has 0 aromatic carbocycles. The maximum atomic E-state index is 14.9. The highest BCUT2D eigenvalue weighted by Gasteiger charge is 2.45. The second-order valence-electron chi connectivity index (χ2n) is 8.39. The van der Waals surface area contributed by atoms with Gasteiger partial charge in [0.2, 0.25) is 0 Å². The second-order valence-corrected chi connectivity index (χ2v) is 8.39. The van der Waals surface area contributed by atoms with Crippen molar-refractivity contribution in [1.29, 1.82) is 0 Å². The number of hydrogen-bond acceptors (Lipinski definition) is 6. The summed E-state index contributed by atoms with van der Waals surface area (Å²) in [6.07, 6.45) is 8.34. The SMILES string of the molecule is Cc1cn2cc(NC(=O)c3cnc(N4CC(F)(CN5CCCC5)C4)cn3)cc(F)c2n1. The van der Waals surface area contributed by atoms with Crippen LogP contribution in [0.3, 0.4) is 0 Å². The fourth-order valence-electron chi connectivity index (χ4n) is 4.29. The normalized spacial score (nSPS) is 18.4. The molecule has 31 heavy (non-hydrogen) atoms. The number of aryl methyl sites for hydroxylation is 1. The van der Waals surface area contributed by atoms with Crippen LogP contribution in [0.4, 0.5) is 20.3 Å². The first-order valence-corrected chi connectivity index (χ1v) is 10.3. The summed E-state index contributed by atoms with van der Waals surface area (Å²) in [7, 11) is 0. The number of carbonyl (C=O) groups is 1. The molecule has 0 saturated carbocycles. The van der Waals surface area contributed by atoms with Crippen LogP contribution in [-0.4, -0.2) is 68.6 Å². The van der Waals surface area contributed by atoms with Crippen LogP contribution in [0, 0.1) is 12.7 Å². The largest absolute Gasteiger partial charge is 0.349 e. The first-order chi connectivity index (χ1) is 14.9. The van der Waals surface area contributed by atoms with E-state index in [0.717, 1.165) is 25.9 Å². The first kappa shape index (κ1) is 19.8. The Hall–Kier alpha value is -3.14. The van der Waals surface area contributed by atoms with Gasteiger partial charge in [0, 0.05) is 25.0 Å². The predicted octanol–water partition coefficient (Wildman–Crippen LogP) is 2.45. The van der Waals surface area contributed by atoms with Gasteiger partial charge in [-0.15, -0.1) is 0 Å². The summed E-state index contributed by atoms with van der Waals surface area (Å²) < 4.78 is 30.6. The molecule has 0 spiro atoms. The predicted molar refractivity (Wildman–Crippen MR) is 112 cm³/mol. The molecule has 1 amide bonds. The fraction of sp³-hybridized carbons (Fsp3) is 0.429. The number of aromatic nitrogens is 4. The molecule has 3 aromatic heterocycles. The van der Waals surface area contributed by atoms with E-state index in [0.29, 0.717) is 18.1 Å². The summed E-state index contributed by atoms with van der Waals surface area (Å²) in [6.45, 7) is 4.69. The van der Waals surface area contributed by atoms with Crippen LogP contribution in [0.25, 0.3) is 5.65 Å². The zero-order valence-corrected chi connectivity index (χ0v) is 17.2. The average molecular weight is 427 g/mol. The molecule has 5 rings (SSSR count). The fourth-order valence-corrected chi connectivity index (χ4v) is 4.29. The van der Waals surface area contributed by atoms with E-state index in [-0.39, 0.29) is 30.1 Å². The van der Waals surface area contributed by atoms with Crippen LogP contribution in [-0.2, 0) is 0 Å². The third-order valence-corrected chi connectivity index (χ3v) is 5.73. The van der Waals surface area contributed by atoms with E-state index in [1.54, 1.807) is 19.3 Å². The number of alkyl halides is 1. The van der Waals surface area contributed by atoms with Crippen LogP contribution in [0.5, 0.6) is 0 Å². The standard InChI is InChI=1S/C21H23F2N7O/c1-14-9-29-10-15(6-16(22)19(29)26-14)27-20(31)17-7-25-18(8-24-17)30-12-21(23,13-30)11-28-4-2-3-5-28/h6-10H,2-5,11-13H2,1H3,(H,27,31). The number of pyridine rings is 1. The van der Waals surface area contributed by atoms with Crippen LogP contribution in [0.2, 0.25) is 0 Å². The summed E-state index contributed by atoms with van der Waals surface area (Å²) in [4.78, 5) is 29.0. The molecular formula is C21H23F2N7O. The number of nitrogens with zero attached hydrogens (tertiary/aromatic N) is 6. The number of rotatable bonds is 5. The molecule has 0 atom stereocenters. The highest BCUT2D eigenvalue weighted by Crippen LogP contribution is 2.31. The molecule has 5 heterocycles. The summed E-state index contributed by atoms with van der Waals surface area (Å²) >= 11 is 0. The van der Waals surface area contributed by atoms with Crippen LogP contribution < -0.4 is 10.2 Å². The minimum atomic E-state index is -1.23.